The summed E-state index contributed by atoms with van der Waals surface area (Å²) in [4.78, 5) is 24.6. The molecule has 0 aliphatic carbocycles. The minimum Gasteiger partial charge on any atom is -0.444 e. The summed E-state index contributed by atoms with van der Waals surface area (Å²) in [5, 5.41) is 0.249. The number of ketones is 1. The number of halogens is 1. The maximum absolute atomic E-state index is 11.7. The molecule has 0 aromatic rings. The number of nitrogens with zero attached hydrogens (tertiary/aromatic N) is 1. The Kier molecular flexibility index (Phi) is 6.00. The maximum atomic E-state index is 11.7. The first kappa shape index (κ1) is 15.4. The van der Waals surface area contributed by atoms with Crippen molar-refractivity contribution < 1.29 is 14.3 Å². The zero-order valence-corrected chi connectivity index (χ0v) is 12.1. The Labute approximate surface area is 105 Å². The fraction of sp³-hybridized carbons (Fsp3) is 0.818. The van der Waals surface area contributed by atoms with Crippen LogP contribution in [0.25, 0.3) is 0 Å². The van der Waals surface area contributed by atoms with Crippen molar-refractivity contribution in [1.82, 2.24) is 4.90 Å². The summed E-state index contributed by atoms with van der Waals surface area (Å²) >= 11 is 3.11. The van der Waals surface area contributed by atoms with Gasteiger partial charge in [0, 0.05) is 7.05 Å². The number of likely N-dealkylation sites (N-methyl/N-ethyl adjacent to an activating group) is 1. The van der Waals surface area contributed by atoms with Gasteiger partial charge in [0.05, 0.1) is 11.4 Å². The SMILES string of the molecule is CCC(C(=O)CBr)N(C)C(=O)OC(C)(C)C. The molecule has 0 spiro atoms. The predicted octanol–water partition coefficient (Wildman–Crippen LogP) is 2.60. The van der Waals surface area contributed by atoms with Crippen molar-refractivity contribution in [2.24, 2.45) is 0 Å². The Morgan fingerprint density at radius 2 is 1.88 bits per heavy atom. The topological polar surface area (TPSA) is 46.6 Å². The fourth-order valence-corrected chi connectivity index (χ4v) is 1.64. The van der Waals surface area contributed by atoms with E-state index in [1.807, 2.05) is 6.92 Å². The molecule has 94 valence electrons. The van der Waals surface area contributed by atoms with Crippen molar-refractivity contribution in [3.8, 4) is 0 Å². The first-order chi connectivity index (χ1) is 7.22. The van der Waals surface area contributed by atoms with E-state index in [4.69, 9.17) is 4.74 Å². The number of carbonyl (C=O) groups excluding carboxylic acids is 2. The summed E-state index contributed by atoms with van der Waals surface area (Å²) in [5.74, 6) is -0.0177. The molecule has 0 radical (unpaired) electrons. The monoisotopic (exact) mass is 293 g/mol. The molecule has 5 heteroatoms. The molecular formula is C11H20BrNO3. The van der Waals surface area contributed by atoms with Gasteiger partial charge >= 0.3 is 6.09 Å². The van der Waals surface area contributed by atoms with Crippen molar-refractivity contribution in [2.75, 3.05) is 12.4 Å². The summed E-state index contributed by atoms with van der Waals surface area (Å²) in [5.41, 5.74) is -0.541. The van der Waals surface area contributed by atoms with Crippen LogP contribution in [0.15, 0.2) is 0 Å². The first-order valence-corrected chi connectivity index (χ1v) is 6.39. The molecule has 0 aliphatic rings. The lowest BCUT2D eigenvalue weighted by molar-refractivity contribution is -0.121. The van der Waals surface area contributed by atoms with E-state index in [0.717, 1.165) is 0 Å². The van der Waals surface area contributed by atoms with Crippen LogP contribution < -0.4 is 0 Å². The van der Waals surface area contributed by atoms with Crippen molar-refractivity contribution in [3.05, 3.63) is 0 Å². The van der Waals surface area contributed by atoms with Gasteiger partial charge in [-0.05, 0) is 27.2 Å². The molecule has 1 unspecified atom stereocenters. The van der Waals surface area contributed by atoms with Crippen LogP contribution in [-0.2, 0) is 9.53 Å². The molecule has 0 saturated carbocycles. The van der Waals surface area contributed by atoms with Crippen LogP contribution in [0.4, 0.5) is 4.79 Å². The lowest BCUT2D eigenvalue weighted by Crippen LogP contribution is -2.44. The molecule has 0 saturated heterocycles. The van der Waals surface area contributed by atoms with Crippen molar-refractivity contribution >= 4 is 27.8 Å². The van der Waals surface area contributed by atoms with Gasteiger partial charge in [-0.1, -0.05) is 22.9 Å². The number of hydrogen-bond acceptors (Lipinski definition) is 3. The Balaban J connectivity index is 4.57. The Morgan fingerprint density at radius 1 is 1.38 bits per heavy atom. The van der Waals surface area contributed by atoms with E-state index in [2.05, 4.69) is 15.9 Å². The quantitative estimate of drug-likeness (QED) is 0.749. The minimum absolute atomic E-state index is 0.0177. The molecule has 1 amide bonds. The number of ether oxygens (including phenoxy) is 1. The van der Waals surface area contributed by atoms with Crippen LogP contribution in [0.1, 0.15) is 34.1 Å². The van der Waals surface area contributed by atoms with E-state index in [9.17, 15) is 9.59 Å². The highest BCUT2D eigenvalue weighted by atomic mass is 79.9. The van der Waals surface area contributed by atoms with E-state index in [0.29, 0.717) is 6.42 Å². The maximum Gasteiger partial charge on any atom is 0.410 e. The van der Waals surface area contributed by atoms with Crippen molar-refractivity contribution in [2.45, 2.75) is 45.8 Å². The van der Waals surface area contributed by atoms with E-state index >= 15 is 0 Å². The molecule has 4 nitrogen and oxygen atoms in total. The second-order valence-electron chi connectivity index (χ2n) is 4.62. The highest BCUT2D eigenvalue weighted by Crippen LogP contribution is 2.13. The summed E-state index contributed by atoms with van der Waals surface area (Å²) < 4.78 is 5.20. The molecule has 0 N–H and O–H groups in total. The van der Waals surface area contributed by atoms with Crippen LogP contribution in [-0.4, -0.2) is 40.8 Å². The third kappa shape index (κ3) is 4.96. The van der Waals surface area contributed by atoms with Gasteiger partial charge < -0.3 is 9.64 Å². The lowest BCUT2D eigenvalue weighted by atomic mass is 10.1. The van der Waals surface area contributed by atoms with Gasteiger partial charge in [-0.15, -0.1) is 0 Å². The zero-order chi connectivity index (χ0) is 12.9. The molecular weight excluding hydrogens is 274 g/mol. The molecule has 0 aliphatic heterocycles. The van der Waals surface area contributed by atoms with Gasteiger partial charge in [-0.2, -0.15) is 0 Å². The first-order valence-electron chi connectivity index (χ1n) is 5.27. The zero-order valence-electron chi connectivity index (χ0n) is 10.5. The second kappa shape index (κ2) is 6.23. The molecule has 0 heterocycles. The minimum atomic E-state index is -0.541. The predicted molar refractivity (Wildman–Crippen MR) is 66.9 cm³/mol. The van der Waals surface area contributed by atoms with Crippen LogP contribution in [0.2, 0.25) is 0 Å². The summed E-state index contributed by atoms with van der Waals surface area (Å²) in [6.07, 6.45) is 0.119. The Hall–Kier alpha value is -0.580. The third-order valence-corrected chi connectivity index (χ3v) is 2.59. The fourth-order valence-electron chi connectivity index (χ4n) is 1.27. The molecule has 0 aromatic heterocycles. The summed E-state index contributed by atoms with van der Waals surface area (Å²) in [6, 6.07) is -0.422. The lowest BCUT2D eigenvalue weighted by Gasteiger charge is -2.29. The normalized spacial score (nSPS) is 13.1. The number of Topliss-reactive ketones (excluding diaryl/α,β-unsaturated/α-hetero) is 1. The average molecular weight is 294 g/mol. The molecule has 16 heavy (non-hydrogen) atoms. The molecule has 0 rings (SSSR count). The number of carbonyl (C=O) groups is 2. The van der Waals surface area contributed by atoms with Crippen molar-refractivity contribution in [3.63, 3.8) is 0 Å². The second-order valence-corrected chi connectivity index (χ2v) is 5.18. The Morgan fingerprint density at radius 3 is 2.19 bits per heavy atom. The van der Waals surface area contributed by atoms with E-state index < -0.39 is 17.7 Å². The van der Waals surface area contributed by atoms with Gasteiger partial charge in [0.15, 0.2) is 5.78 Å². The molecule has 0 fully saturated rings. The van der Waals surface area contributed by atoms with Gasteiger partial charge in [-0.25, -0.2) is 4.79 Å². The highest BCUT2D eigenvalue weighted by Gasteiger charge is 2.27. The standard InChI is InChI=1S/C11H20BrNO3/c1-6-8(9(14)7-12)13(5)10(15)16-11(2,3)4/h8H,6-7H2,1-5H3. The van der Waals surface area contributed by atoms with Crippen LogP contribution in [0, 0.1) is 0 Å². The van der Waals surface area contributed by atoms with Gasteiger partial charge in [0.2, 0.25) is 0 Å². The van der Waals surface area contributed by atoms with Crippen LogP contribution >= 0.6 is 15.9 Å². The van der Waals surface area contributed by atoms with Gasteiger partial charge in [-0.3, -0.25) is 4.79 Å². The van der Waals surface area contributed by atoms with E-state index in [-0.39, 0.29) is 11.1 Å². The number of alkyl halides is 1. The summed E-state index contributed by atoms with van der Waals surface area (Å²) in [6.45, 7) is 7.26. The third-order valence-electron chi connectivity index (χ3n) is 2.04. The smallest absolute Gasteiger partial charge is 0.410 e. The van der Waals surface area contributed by atoms with Gasteiger partial charge in [0.25, 0.3) is 0 Å². The Bertz CT molecular complexity index is 260. The average Bonchev–Trinajstić information content (AvgIpc) is 2.15. The van der Waals surface area contributed by atoms with E-state index in [1.54, 1.807) is 27.8 Å². The molecule has 1 atom stereocenters. The van der Waals surface area contributed by atoms with E-state index in [1.165, 1.54) is 4.90 Å². The summed E-state index contributed by atoms with van der Waals surface area (Å²) in [7, 11) is 1.59. The number of hydrogen-bond donors (Lipinski definition) is 0. The molecule has 0 aromatic carbocycles. The van der Waals surface area contributed by atoms with Crippen molar-refractivity contribution in [1.29, 1.82) is 0 Å². The largest absolute Gasteiger partial charge is 0.444 e. The van der Waals surface area contributed by atoms with Crippen LogP contribution in [0.5, 0.6) is 0 Å². The molecule has 0 bridgehead atoms. The highest BCUT2D eigenvalue weighted by molar-refractivity contribution is 9.09. The van der Waals surface area contributed by atoms with Gasteiger partial charge in [0.1, 0.15) is 5.60 Å². The number of amides is 1. The van der Waals surface area contributed by atoms with Crippen LogP contribution in [0.3, 0.4) is 0 Å². The number of rotatable bonds is 4.